The van der Waals surface area contributed by atoms with Crippen LogP contribution in [0.2, 0.25) is 0 Å². The summed E-state index contributed by atoms with van der Waals surface area (Å²) in [5.74, 6) is -0.273. The summed E-state index contributed by atoms with van der Waals surface area (Å²) in [6.45, 7) is 4.15. The van der Waals surface area contributed by atoms with Crippen molar-refractivity contribution in [2.75, 3.05) is 11.5 Å². The van der Waals surface area contributed by atoms with E-state index in [9.17, 15) is 13.9 Å². The Kier molecular flexibility index (Phi) is 3.21. The van der Waals surface area contributed by atoms with Gasteiger partial charge in [0.2, 0.25) is 0 Å². The smallest absolute Gasteiger partial charge is 0.159 e. The van der Waals surface area contributed by atoms with E-state index in [0.29, 0.717) is 17.7 Å². The van der Waals surface area contributed by atoms with Crippen molar-refractivity contribution in [3.8, 4) is 0 Å². The molecule has 94 valence electrons. The third kappa shape index (κ3) is 2.63. The molecule has 1 aliphatic heterocycles. The van der Waals surface area contributed by atoms with Crippen LogP contribution in [0.25, 0.3) is 0 Å². The lowest BCUT2D eigenvalue weighted by atomic mass is 9.78. The van der Waals surface area contributed by atoms with Gasteiger partial charge in [0.15, 0.2) is 11.6 Å². The van der Waals surface area contributed by atoms with E-state index in [2.05, 4.69) is 13.8 Å². The van der Waals surface area contributed by atoms with Gasteiger partial charge in [-0.15, -0.1) is 0 Å². The van der Waals surface area contributed by atoms with Gasteiger partial charge in [-0.3, -0.25) is 0 Å². The Hall–Kier alpha value is -0.610. The summed E-state index contributed by atoms with van der Waals surface area (Å²) in [5.41, 5.74) is -0.583. The Morgan fingerprint density at radius 3 is 2.47 bits per heavy atom. The molecule has 4 heteroatoms. The Morgan fingerprint density at radius 1 is 1.18 bits per heavy atom. The average Bonchev–Trinajstić information content (AvgIpc) is 2.20. The largest absolute Gasteiger partial charge is 0.384 e. The molecule has 0 aliphatic carbocycles. The molecule has 0 amide bonds. The van der Waals surface area contributed by atoms with Gasteiger partial charge in [0.1, 0.15) is 0 Å². The quantitative estimate of drug-likeness (QED) is 0.834. The minimum absolute atomic E-state index is 0.00251. The summed E-state index contributed by atoms with van der Waals surface area (Å²) in [5, 5.41) is 10.6. The highest BCUT2D eigenvalue weighted by Gasteiger charge is 2.40. The predicted octanol–water partition coefficient (Wildman–Crippen LogP) is 3.32. The van der Waals surface area contributed by atoms with E-state index in [1.165, 1.54) is 6.07 Å². The number of thioether (sulfide) groups is 1. The Balaban J connectivity index is 2.34. The lowest BCUT2D eigenvalue weighted by Crippen LogP contribution is -2.40. The van der Waals surface area contributed by atoms with Crippen LogP contribution in [0.1, 0.15) is 25.8 Å². The highest BCUT2D eigenvalue weighted by atomic mass is 32.2. The number of benzene rings is 1. The summed E-state index contributed by atoms with van der Waals surface area (Å²) >= 11 is 1.65. The zero-order valence-corrected chi connectivity index (χ0v) is 10.8. The van der Waals surface area contributed by atoms with Gasteiger partial charge in [-0.25, -0.2) is 8.78 Å². The molecule has 17 heavy (non-hydrogen) atoms. The van der Waals surface area contributed by atoms with E-state index in [-0.39, 0.29) is 5.41 Å². The molecule has 1 unspecified atom stereocenters. The topological polar surface area (TPSA) is 20.2 Å². The highest BCUT2D eigenvalue weighted by molar-refractivity contribution is 7.99. The summed E-state index contributed by atoms with van der Waals surface area (Å²) in [4.78, 5) is 0. The molecule has 0 saturated carbocycles. The lowest BCUT2D eigenvalue weighted by molar-refractivity contribution is 0.0153. The fourth-order valence-corrected chi connectivity index (χ4v) is 3.72. The second kappa shape index (κ2) is 4.25. The lowest BCUT2D eigenvalue weighted by Gasteiger charge is -2.41. The summed E-state index contributed by atoms with van der Waals surface area (Å²) in [7, 11) is 0. The first kappa shape index (κ1) is 12.8. The van der Waals surface area contributed by atoms with Gasteiger partial charge in [-0.1, -0.05) is 19.9 Å². The zero-order valence-electron chi connectivity index (χ0n) is 9.96. The van der Waals surface area contributed by atoms with Crippen LogP contribution >= 0.6 is 11.8 Å². The molecular weight excluding hydrogens is 242 g/mol. The fraction of sp³-hybridized carbons (Fsp3) is 0.538. The number of hydrogen-bond acceptors (Lipinski definition) is 2. The minimum Gasteiger partial charge on any atom is -0.384 e. The predicted molar refractivity (Wildman–Crippen MR) is 66.0 cm³/mol. The number of hydrogen-bond donors (Lipinski definition) is 1. The van der Waals surface area contributed by atoms with Crippen LogP contribution in [0.15, 0.2) is 18.2 Å². The standard InChI is InChI=1S/C13H16F2OS/c1-12(2)6-13(16,8-17-7-12)9-3-4-10(14)11(15)5-9/h3-5,16H,6-8H2,1-2H3. The fourth-order valence-electron chi connectivity index (χ4n) is 2.36. The Bertz CT molecular complexity index is 433. The molecule has 1 saturated heterocycles. The van der Waals surface area contributed by atoms with Crippen LogP contribution in [-0.4, -0.2) is 16.6 Å². The van der Waals surface area contributed by atoms with Crippen LogP contribution in [-0.2, 0) is 5.60 Å². The van der Waals surface area contributed by atoms with Gasteiger partial charge in [0.05, 0.1) is 5.60 Å². The van der Waals surface area contributed by atoms with E-state index >= 15 is 0 Å². The summed E-state index contributed by atoms with van der Waals surface area (Å²) in [6.07, 6.45) is 0.568. The minimum atomic E-state index is -1.05. The van der Waals surface area contributed by atoms with E-state index in [1.54, 1.807) is 11.8 Å². The van der Waals surface area contributed by atoms with Crippen molar-refractivity contribution >= 4 is 11.8 Å². The number of aliphatic hydroxyl groups is 1. The van der Waals surface area contributed by atoms with Crippen LogP contribution in [0.4, 0.5) is 8.78 Å². The maximum atomic E-state index is 13.2. The van der Waals surface area contributed by atoms with E-state index in [4.69, 9.17) is 0 Å². The van der Waals surface area contributed by atoms with Gasteiger partial charge in [-0.2, -0.15) is 11.8 Å². The molecule has 0 spiro atoms. The molecule has 1 fully saturated rings. The average molecular weight is 258 g/mol. The zero-order chi connectivity index (χ0) is 12.7. The van der Waals surface area contributed by atoms with Crippen LogP contribution in [0.3, 0.4) is 0 Å². The summed E-state index contributed by atoms with van der Waals surface area (Å²) < 4.78 is 26.1. The second-order valence-corrected chi connectivity index (χ2v) is 6.48. The maximum Gasteiger partial charge on any atom is 0.159 e. The Morgan fingerprint density at radius 2 is 1.88 bits per heavy atom. The normalized spacial score (nSPS) is 28.1. The van der Waals surface area contributed by atoms with Gasteiger partial charge < -0.3 is 5.11 Å². The molecule has 1 N–H and O–H groups in total. The molecule has 1 nitrogen and oxygen atoms in total. The van der Waals surface area contributed by atoms with Crippen molar-refractivity contribution in [2.45, 2.75) is 25.9 Å². The first-order chi connectivity index (χ1) is 7.82. The molecule has 1 aromatic rings. The van der Waals surface area contributed by atoms with Crippen molar-refractivity contribution < 1.29 is 13.9 Å². The molecule has 0 aromatic heterocycles. The molecule has 0 radical (unpaired) electrons. The van der Waals surface area contributed by atoms with Crippen molar-refractivity contribution in [3.63, 3.8) is 0 Å². The third-order valence-corrected chi connectivity index (χ3v) is 4.73. The maximum absolute atomic E-state index is 13.2. The van der Waals surface area contributed by atoms with Crippen molar-refractivity contribution in [1.82, 2.24) is 0 Å². The van der Waals surface area contributed by atoms with Crippen molar-refractivity contribution in [2.24, 2.45) is 5.41 Å². The molecule has 1 atom stereocenters. The van der Waals surface area contributed by atoms with E-state index in [1.807, 2.05) is 0 Å². The van der Waals surface area contributed by atoms with E-state index < -0.39 is 17.2 Å². The molecular formula is C13H16F2OS. The third-order valence-electron chi connectivity index (χ3n) is 3.06. The molecule has 1 heterocycles. The number of halogens is 2. The van der Waals surface area contributed by atoms with Gasteiger partial charge in [-0.05, 0) is 35.3 Å². The molecule has 0 bridgehead atoms. The molecule has 1 aliphatic rings. The molecule has 1 aromatic carbocycles. The SMILES string of the molecule is CC1(C)CSCC(O)(c2ccc(F)c(F)c2)C1. The molecule has 2 rings (SSSR count). The van der Waals surface area contributed by atoms with Crippen LogP contribution in [0.5, 0.6) is 0 Å². The van der Waals surface area contributed by atoms with Gasteiger partial charge in [0, 0.05) is 5.75 Å². The summed E-state index contributed by atoms with van der Waals surface area (Å²) in [6, 6.07) is 3.66. The van der Waals surface area contributed by atoms with Crippen LogP contribution in [0, 0.1) is 17.0 Å². The van der Waals surface area contributed by atoms with E-state index in [0.717, 1.165) is 17.9 Å². The van der Waals surface area contributed by atoms with Gasteiger partial charge in [0.25, 0.3) is 0 Å². The van der Waals surface area contributed by atoms with Crippen molar-refractivity contribution in [1.29, 1.82) is 0 Å². The van der Waals surface area contributed by atoms with Crippen molar-refractivity contribution in [3.05, 3.63) is 35.4 Å². The first-order valence-corrected chi connectivity index (χ1v) is 6.74. The highest BCUT2D eigenvalue weighted by Crippen LogP contribution is 2.44. The second-order valence-electron chi connectivity index (χ2n) is 5.49. The van der Waals surface area contributed by atoms with Crippen LogP contribution < -0.4 is 0 Å². The first-order valence-electron chi connectivity index (χ1n) is 5.58. The Labute approximate surface area is 104 Å². The van der Waals surface area contributed by atoms with Gasteiger partial charge >= 0.3 is 0 Å². The monoisotopic (exact) mass is 258 g/mol. The number of rotatable bonds is 1.